The standard InChI is InChI=1S/C25H25F3N2O3S/c1-17-10-12-22(13-11-17)34(32,33)30(23-9-4-6-18(2)19(23)3)16-24(31)29-15-20-7-5-8-21(14-20)25(26,27)28/h4-14H,15-16H2,1-3H3,(H,29,31). The van der Waals surface area contributed by atoms with E-state index in [1.807, 2.05) is 19.9 Å². The number of sulfonamides is 1. The van der Waals surface area contributed by atoms with E-state index in [2.05, 4.69) is 5.32 Å². The number of carbonyl (C=O) groups is 1. The average molecular weight is 491 g/mol. The highest BCUT2D eigenvalue weighted by molar-refractivity contribution is 7.92. The second-order valence-electron chi connectivity index (χ2n) is 8.02. The number of aryl methyl sites for hydroxylation is 2. The number of anilines is 1. The molecular formula is C25H25F3N2O3S. The van der Waals surface area contributed by atoms with Crippen molar-refractivity contribution in [2.75, 3.05) is 10.8 Å². The van der Waals surface area contributed by atoms with Gasteiger partial charge in [-0.05, 0) is 67.8 Å². The SMILES string of the molecule is Cc1ccc(S(=O)(=O)N(CC(=O)NCc2cccc(C(F)(F)F)c2)c2cccc(C)c2C)cc1. The first-order valence-corrected chi connectivity index (χ1v) is 11.9. The van der Waals surface area contributed by atoms with Gasteiger partial charge >= 0.3 is 6.18 Å². The molecular weight excluding hydrogens is 465 g/mol. The van der Waals surface area contributed by atoms with Crippen LogP contribution in [0.3, 0.4) is 0 Å². The van der Waals surface area contributed by atoms with E-state index in [1.165, 1.54) is 24.3 Å². The van der Waals surface area contributed by atoms with Crippen LogP contribution in [0.4, 0.5) is 18.9 Å². The molecule has 0 saturated carbocycles. The predicted molar refractivity (Wildman–Crippen MR) is 125 cm³/mol. The van der Waals surface area contributed by atoms with Gasteiger partial charge in [-0.2, -0.15) is 13.2 Å². The fraction of sp³-hybridized carbons (Fsp3) is 0.240. The minimum absolute atomic E-state index is 0.0321. The summed E-state index contributed by atoms with van der Waals surface area (Å²) in [5.74, 6) is -0.644. The van der Waals surface area contributed by atoms with Crippen molar-refractivity contribution >= 4 is 21.6 Å². The number of benzene rings is 3. The molecule has 0 aliphatic rings. The molecule has 3 aromatic carbocycles. The number of halogens is 3. The van der Waals surface area contributed by atoms with Crippen molar-refractivity contribution in [1.29, 1.82) is 0 Å². The summed E-state index contributed by atoms with van der Waals surface area (Å²) in [7, 11) is -4.09. The van der Waals surface area contributed by atoms with Crippen molar-refractivity contribution in [3.8, 4) is 0 Å². The molecule has 0 unspecified atom stereocenters. The van der Waals surface area contributed by atoms with Crippen LogP contribution in [0.1, 0.15) is 27.8 Å². The summed E-state index contributed by atoms with van der Waals surface area (Å²) >= 11 is 0. The molecule has 180 valence electrons. The van der Waals surface area contributed by atoms with E-state index in [9.17, 15) is 26.4 Å². The molecule has 0 radical (unpaired) electrons. The monoisotopic (exact) mass is 490 g/mol. The molecule has 1 amide bonds. The van der Waals surface area contributed by atoms with E-state index in [0.717, 1.165) is 27.6 Å². The lowest BCUT2D eigenvalue weighted by Gasteiger charge is -2.26. The van der Waals surface area contributed by atoms with Crippen LogP contribution in [0.5, 0.6) is 0 Å². The molecule has 0 saturated heterocycles. The molecule has 0 aliphatic carbocycles. The minimum atomic E-state index is -4.50. The van der Waals surface area contributed by atoms with Gasteiger partial charge in [-0.15, -0.1) is 0 Å². The van der Waals surface area contributed by atoms with Gasteiger partial charge in [0.1, 0.15) is 6.54 Å². The topological polar surface area (TPSA) is 66.5 Å². The van der Waals surface area contributed by atoms with Crippen molar-refractivity contribution in [3.05, 3.63) is 94.5 Å². The van der Waals surface area contributed by atoms with E-state index in [4.69, 9.17) is 0 Å². The van der Waals surface area contributed by atoms with Gasteiger partial charge in [-0.1, -0.05) is 42.0 Å². The number of amides is 1. The molecule has 0 aliphatic heterocycles. The van der Waals surface area contributed by atoms with Crippen LogP contribution in [0.15, 0.2) is 71.6 Å². The first-order chi connectivity index (χ1) is 15.9. The molecule has 5 nitrogen and oxygen atoms in total. The van der Waals surface area contributed by atoms with Gasteiger partial charge in [0.05, 0.1) is 16.1 Å². The number of nitrogens with zero attached hydrogens (tertiary/aromatic N) is 1. The van der Waals surface area contributed by atoms with E-state index in [0.29, 0.717) is 11.3 Å². The Morgan fingerprint density at radius 3 is 2.24 bits per heavy atom. The van der Waals surface area contributed by atoms with E-state index in [1.54, 1.807) is 31.2 Å². The Morgan fingerprint density at radius 1 is 0.941 bits per heavy atom. The third kappa shape index (κ3) is 5.77. The zero-order valence-electron chi connectivity index (χ0n) is 19.0. The molecule has 0 bridgehead atoms. The molecule has 3 rings (SSSR count). The molecule has 0 atom stereocenters. The molecule has 34 heavy (non-hydrogen) atoms. The van der Waals surface area contributed by atoms with Crippen molar-refractivity contribution < 1.29 is 26.4 Å². The lowest BCUT2D eigenvalue weighted by molar-refractivity contribution is -0.137. The van der Waals surface area contributed by atoms with Crippen molar-refractivity contribution in [2.45, 2.75) is 38.4 Å². The number of rotatable bonds is 7. The number of nitrogens with one attached hydrogen (secondary N) is 1. The second-order valence-corrected chi connectivity index (χ2v) is 9.88. The van der Waals surface area contributed by atoms with Crippen LogP contribution in [0, 0.1) is 20.8 Å². The van der Waals surface area contributed by atoms with Crippen LogP contribution in [-0.2, 0) is 27.5 Å². The van der Waals surface area contributed by atoms with E-state index >= 15 is 0 Å². The van der Waals surface area contributed by atoms with E-state index < -0.39 is 34.2 Å². The van der Waals surface area contributed by atoms with Crippen molar-refractivity contribution in [1.82, 2.24) is 5.32 Å². The molecule has 3 aromatic rings. The Balaban J connectivity index is 1.88. The van der Waals surface area contributed by atoms with Crippen LogP contribution < -0.4 is 9.62 Å². The molecule has 1 N–H and O–H groups in total. The Kier molecular flexibility index (Phi) is 7.35. The van der Waals surface area contributed by atoms with Crippen molar-refractivity contribution in [3.63, 3.8) is 0 Å². The average Bonchev–Trinajstić information content (AvgIpc) is 2.78. The van der Waals surface area contributed by atoms with Gasteiger partial charge in [0.25, 0.3) is 10.0 Å². The van der Waals surface area contributed by atoms with Gasteiger partial charge in [0.15, 0.2) is 0 Å². The molecule has 0 fully saturated rings. The number of carbonyl (C=O) groups excluding carboxylic acids is 1. The fourth-order valence-electron chi connectivity index (χ4n) is 3.39. The van der Waals surface area contributed by atoms with Crippen LogP contribution in [-0.4, -0.2) is 20.9 Å². The Bertz CT molecular complexity index is 1290. The number of alkyl halides is 3. The second kappa shape index (κ2) is 9.89. The smallest absolute Gasteiger partial charge is 0.350 e. The molecule has 0 heterocycles. The molecule has 0 spiro atoms. The third-order valence-electron chi connectivity index (χ3n) is 5.48. The fourth-order valence-corrected chi connectivity index (χ4v) is 4.87. The first-order valence-electron chi connectivity index (χ1n) is 10.5. The summed E-state index contributed by atoms with van der Waals surface area (Å²) in [6.07, 6.45) is -4.50. The highest BCUT2D eigenvalue weighted by atomic mass is 32.2. The number of hydrogen-bond acceptors (Lipinski definition) is 3. The number of hydrogen-bond donors (Lipinski definition) is 1. The quantitative estimate of drug-likeness (QED) is 0.499. The summed E-state index contributed by atoms with van der Waals surface area (Å²) in [5, 5.41) is 2.53. The van der Waals surface area contributed by atoms with E-state index in [-0.39, 0.29) is 17.0 Å². The Hall–Kier alpha value is -3.33. The summed E-state index contributed by atoms with van der Waals surface area (Å²) in [6, 6.07) is 16.1. The van der Waals surface area contributed by atoms with Gasteiger partial charge in [-0.25, -0.2) is 8.42 Å². The summed E-state index contributed by atoms with van der Waals surface area (Å²) in [5.41, 5.74) is 2.22. The first kappa shape index (κ1) is 25.3. The van der Waals surface area contributed by atoms with Gasteiger partial charge in [-0.3, -0.25) is 9.10 Å². The maximum Gasteiger partial charge on any atom is 0.416 e. The third-order valence-corrected chi connectivity index (χ3v) is 7.26. The molecule has 0 aromatic heterocycles. The van der Waals surface area contributed by atoms with Gasteiger partial charge < -0.3 is 5.32 Å². The summed E-state index contributed by atoms with van der Waals surface area (Å²) < 4.78 is 66.9. The highest BCUT2D eigenvalue weighted by Gasteiger charge is 2.31. The maximum absolute atomic E-state index is 13.5. The lowest BCUT2D eigenvalue weighted by atomic mass is 10.1. The Labute approximate surface area is 197 Å². The van der Waals surface area contributed by atoms with Gasteiger partial charge in [0, 0.05) is 6.54 Å². The summed E-state index contributed by atoms with van der Waals surface area (Å²) in [6.45, 7) is 4.74. The summed E-state index contributed by atoms with van der Waals surface area (Å²) in [4.78, 5) is 12.8. The zero-order chi connectivity index (χ0) is 25.1. The maximum atomic E-state index is 13.5. The highest BCUT2D eigenvalue weighted by Crippen LogP contribution is 2.30. The normalized spacial score (nSPS) is 11.8. The van der Waals surface area contributed by atoms with Crippen LogP contribution >= 0.6 is 0 Å². The minimum Gasteiger partial charge on any atom is -0.350 e. The largest absolute Gasteiger partial charge is 0.416 e. The van der Waals surface area contributed by atoms with Crippen LogP contribution in [0.2, 0.25) is 0 Å². The van der Waals surface area contributed by atoms with Gasteiger partial charge in [0.2, 0.25) is 5.91 Å². The Morgan fingerprint density at radius 2 is 1.59 bits per heavy atom. The van der Waals surface area contributed by atoms with Crippen LogP contribution in [0.25, 0.3) is 0 Å². The predicted octanol–water partition coefficient (Wildman–Crippen LogP) is 5.14. The zero-order valence-corrected chi connectivity index (χ0v) is 19.8. The molecule has 9 heteroatoms. The van der Waals surface area contributed by atoms with Crippen molar-refractivity contribution in [2.24, 2.45) is 0 Å². The lowest BCUT2D eigenvalue weighted by Crippen LogP contribution is -2.41.